The molecule has 6 nitrogen and oxygen atoms in total. The molecule has 0 saturated carbocycles. The van der Waals surface area contributed by atoms with Gasteiger partial charge in [0, 0.05) is 71.5 Å². The van der Waals surface area contributed by atoms with Crippen LogP contribution in [0, 0.1) is 17.6 Å². The number of benzene rings is 1. The Morgan fingerprint density at radius 1 is 1.16 bits per heavy atom. The number of guanidine groups is 1. The second-order valence-electron chi connectivity index (χ2n) is 8.46. The molecule has 176 valence electrons. The highest BCUT2D eigenvalue weighted by molar-refractivity contribution is 14.0. The highest BCUT2D eigenvalue weighted by Crippen LogP contribution is 2.24. The Bertz CT molecular complexity index is 711. The minimum absolute atomic E-state index is 0. The van der Waals surface area contributed by atoms with Crippen molar-refractivity contribution in [3.05, 3.63) is 29.8 Å². The zero-order valence-corrected chi connectivity index (χ0v) is 21.2. The number of hydrogen-bond donors (Lipinski definition) is 2. The van der Waals surface area contributed by atoms with Crippen molar-refractivity contribution < 1.29 is 8.78 Å². The first-order valence-corrected chi connectivity index (χ1v) is 11.1. The van der Waals surface area contributed by atoms with Crippen LogP contribution < -0.4 is 15.5 Å². The third kappa shape index (κ3) is 7.71. The van der Waals surface area contributed by atoms with Crippen molar-refractivity contribution in [2.45, 2.75) is 26.3 Å². The van der Waals surface area contributed by atoms with Gasteiger partial charge in [-0.2, -0.15) is 0 Å². The van der Waals surface area contributed by atoms with E-state index in [2.05, 4.69) is 39.3 Å². The standard InChI is InChI=1S/C22H36F2N6.HI/c1-4-28-9-11-29(12-10-28)15-17(2)14-26-22(25-3)27-19-7-8-30(16-19)21-6-5-18(23)13-20(21)24;/h5-6,13,17,19H,4,7-12,14-16H2,1-3H3,(H2,25,26,27);1H. The highest BCUT2D eigenvalue weighted by atomic mass is 127. The molecular weight excluding hydrogens is 513 g/mol. The molecule has 0 radical (unpaired) electrons. The monoisotopic (exact) mass is 550 g/mol. The van der Waals surface area contributed by atoms with Gasteiger partial charge in [-0.05, 0) is 31.0 Å². The van der Waals surface area contributed by atoms with Gasteiger partial charge in [0.15, 0.2) is 5.96 Å². The average Bonchev–Trinajstić information content (AvgIpc) is 3.19. The van der Waals surface area contributed by atoms with Crippen LogP contribution in [-0.4, -0.2) is 87.8 Å². The van der Waals surface area contributed by atoms with Crippen LogP contribution in [0.2, 0.25) is 0 Å². The number of hydrogen-bond acceptors (Lipinski definition) is 4. The largest absolute Gasteiger partial charge is 0.367 e. The summed E-state index contributed by atoms with van der Waals surface area (Å²) >= 11 is 0. The first-order valence-electron chi connectivity index (χ1n) is 11.1. The Balaban J connectivity index is 0.00000341. The third-order valence-corrected chi connectivity index (χ3v) is 6.10. The fraction of sp³-hybridized carbons (Fsp3) is 0.682. The molecule has 0 aromatic heterocycles. The molecule has 31 heavy (non-hydrogen) atoms. The van der Waals surface area contributed by atoms with Gasteiger partial charge >= 0.3 is 0 Å². The van der Waals surface area contributed by atoms with Crippen molar-refractivity contribution in [2.24, 2.45) is 10.9 Å². The maximum Gasteiger partial charge on any atom is 0.191 e. The first kappa shape index (κ1) is 26.1. The van der Waals surface area contributed by atoms with E-state index >= 15 is 0 Å². The van der Waals surface area contributed by atoms with Crippen molar-refractivity contribution in [1.82, 2.24) is 20.4 Å². The van der Waals surface area contributed by atoms with Crippen LogP contribution in [-0.2, 0) is 0 Å². The molecule has 0 spiro atoms. The Morgan fingerprint density at radius 3 is 2.52 bits per heavy atom. The fourth-order valence-electron chi connectivity index (χ4n) is 4.29. The van der Waals surface area contributed by atoms with E-state index in [-0.39, 0.29) is 30.0 Å². The molecule has 0 aliphatic carbocycles. The lowest BCUT2D eigenvalue weighted by Gasteiger charge is -2.35. The zero-order chi connectivity index (χ0) is 21.5. The van der Waals surface area contributed by atoms with Gasteiger partial charge < -0.3 is 25.3 Å². The topological polar surface area (TPSA) is 46.1 Å². The lowest BCUT2D eigenvalue weighted by atomic mass is 10.1. The number of halogens is 3. The molecule has 2 atom stereocenters. The number of likely N-dealkylation sites (N-methyl/N-ethyl adjacent to an activating group) is 1. The summed E-state index contributed by atoms with van der Waals surface area (Å²) in [4.78, 5) is 11.3. The average molecular weight is 550 g/mol. The molecule has 0 amide bonds. The van der Waals surface area contributed by atoms with E-state index in [0.717, 1.165) is 70.8 Å². The summed E-state index contributed by atoms with van der Waals surface area (Å²) in [6.07, 6.45) is 0.884. The molecule has 2 fully saturated rings. The second-order valence-corrected chi connectivity index (χ2v) is 8.46. The minimum atomic E-state index is -0.545. The maximum atomic E-state index is 14.1. The van der Waals surface area contributed by atoms with Crippen LogP contribution in [0.1, 0.15) is 20.3 Å². The molecule has 2 saturated heterocycles. The van der Waals surface area contributed by atoms with Crippen molar-refractivity contribution in [1.29, 1.82) is 0 Å². The quantitative estimate of drug-likeness (QED) is 0.311. The predicted octanol–water partition coefficient (Wildman–Crippen LogP) is 2.60. The van der Waals surface area contributed by atoms with Gasteiger partial charge in [0.1, 0.15) is 11.6 Å². The summed E-state index contributed by atoms with van der Waals surface area (Å²) in [5, 5.41) is 6.89. The number of nitrogens with one attached hydrogen (secondary N) is 2. The van der Waals surface area contributed by atoms with Crippen LogP contribution in [0.15, 0.2) is 23.2 Å². The van der Waals surface area contributed by atoms with Gasteiger partial charge in [-0.25, -0.2) is 8.78 Å². The molecule has 0 bridgehead atoms. The molecule has 2 aliphatic rings. The van der Waals surface area contributed by atoms with Crippen LogP contribution in [0.3, 0.4) is 0 Å². The van der Waals surface area contributed by atoms with Gasteiger partial charge in [0.25, 0.3) is 0 Å². The number of anilines is 1. The van der Waals surface area contributed by atoms with E-state index in [1.807, 2.05) is 4.90 Å². The molecule has 3 rings (SSSR count). The Morgan fingerprint density at radius 2 is 1.87 bits per heavy atom. The van der Waals surface area contributed by atoms with Crippen LogP contribution in [0.25, 0.3) is 0 Å². The number of piperazine rings is 1. The van der Waals surface area contributed by atoms with Crippen molar-refractivity contribution in [3.63, 3.8) is 0 Å². The lowest BCUT2D eigenvalue weighted by molar-refractivity contribution is 0.124. The Kier molecular flexibility index (Phi) is 10.7. The smallest absolute Gasteiger partial charge is 0.191 e. The molecular formula is C22H37F2IN6. The molecule has 2 unspecified atom stereocenters. The first-order chi connectivity index (χ1) is 14.5. The van der Waals surface area contributed by atoms with E-state index in [9.17, 15) is 8.78 Å². The van der Waals surface area contributed by atoms with E-state index < -0.39 is 11.6 Å². The van der Waals surface area contributed by atoms with Crippen molar-refractivity contribution in [2.75, 3.05) is 70.9 Å². The van der Waals surface area contributed by atoms with Gasteiger partial charge in [0.2, 0.25) is 0 Å². The molecule has 2 aliphatic heterocycles. The predicted molar refractivity (Wildman–Crippen MR) is 135 cm³/mol. The van der Waals surface area contributed by atoms with Crippen LogP contribution in [0.4, 0.5) is 14.5 Å². The molecule has 2 heterocycles. The maximum absolute atomic E-state index is 14.1. The number of nitrogens with zero attached hydrogens (tertiary/aromatic N) is 4. The van der Waals surface area contributed by atoms with Gasteiger partial charge in [-0.3, -0.25) is 4.99 Å². The minimum Gasteiger partial charge on any atom is -0.367 e. The zero-order valence-electron chi connectivity index (χ0n) is 18.9. The summed E-state index contributed by atoms with van der Waals surface area (Å²) < 4.78 is 27.2. The molecule has 1 aromatic rings. The second kappa shape index (κ2) is 12.7. The summed E-state index contributed by atoms with van der Waals surface area (Å²) in [7, 11) is 1.77. The van der Waals surface area contributed by atoms with Gasteiger partial charge in [-0.1, -0.05) is 13.8 Å². The summed E-state index contributed by atoms with van der Waals surface area (Å²) in [6.45, 7) is 13.6. The number of rotatable bonds is 7. The normalized spacial score (nSPS) is 21.6. The van der Waals surface area contributed by atoms with E-state index in [0.29, 0.717) is 18.2 Å². The van der Waals surface area contributed by atoms with Crippen molar-refractivity contribution >= 4 is 35.6 Å². The van der Waals surface area contributed by atoms with E-state index in [1.54, 1.807) is 7.05 Å². The van der Waals surface area contributed by atoms with Gasteiger partial charge in [0.05, 0.1) is 5.69 Å². The van der Waals surface area contributed by atoms with E-state index in [4.69, 9.17) is 0 Å². The summed E-state index contributed by atoms with van der Waals surface area (Å²) in [6, 6.07) is 3.95. The van der Waals surface area contributed by atoms with Crippen LogP contribution in [0.5, 0.6) is 0 Å². The SMILES string of the molecule is CCN1CCN(CC(C)CNC(=NC)NC2CCN(c3ccc(F)cc3F)C2)CC1.I. The summed E-state index contributed by atoms with van der Waals surface area (Å²) in [5.41, 5.74) is 0.459. The lowest BCUT2D eigenvalue weighted by Crippen LogP contribution is -2.49. The molecule has 9 heteroatoms. The number of aliphatic imine (C=N–C) groups is 1. The van der Waals surface area contributed by atoms with Gasteiger partial charge in [-0.15, -0.1) is 24.0 Å². The fourth-order valence-corrected chi connectivity index (χ4v) is 4.29. The van der Waals surface area contributed by atoms with Crippen molar-refractivity contribution in [3.8, 4) is 0 Å². The third-order valence-electron chi connectivity index (χ3n) is 6.10. The molecule has 1 aromatic carbocycles. The Labute approximate surface area is 202 Å². The Hall–Kier alpha value is -1.20. The van der Waals surface area contributed by atoms with E-state index in [1.165, 1.54) is 12.1 Å². The molecule has 2 N–H and O–H groups in total. The summed E-state index contributed by atoms with van der Waals surface area (Å²) in [5.74, 6) is 0.247. The highest BCUT2D eigenvalue weighted by Gasteiger charge is 2.25. The van der Waals surface area contributed by atoms with Crippen LogP contribution >= 0.6 is 24.0 Å².